The maximum absolute atomic E-state index is 13.9. The second kappa shape index (κ2) is 6.20. The van der Waals surface area contributed by atoms with Crippen molar-refractivity contribution < 1.29 is 22.0 Å². The van der Waals surface area contributed by atoms with Gasteiger partial charge in [-0.2, -0.15) is 4.98 Å². The van der Waals surface area contributed by atoms with E-state index in [-0.39, 0.29) is 17.1 Å². The number of hydrogen-bond acceptors (Lipinski definition) is 5. The fourth-order valence-corrected chi connectivity index (χ4v) is 2.80. The summed E-state index contributed by atoms with van der Waals surface area (Å²) in [5, 5.41) is 6.22. The third-order valence-corrected chi connectivity index (χ3v) is 4.01. The lowest BCUT2D eigenvalue weighted by atomic mass is 10.1. The summed E-state index contributed by atoms with van der Waals surface area (Å²) in [7, 11) is -3.48. The Hall–Kier alpha value is -2.88. The fraction of sp³-hybridized carbons (Fsp3) is 0.133. The van der Waals surface area contributed by atoms with Gasteiger partial charge in [0.25, 0.3) is 0 Å². The van der Waals surface area contributed by atoms with Gasteiger partial charge in [0.05, 0.1) is 5.56 Å². The van der Waals surface area contributed by atoms with Gasteiger partial charge in [-0.25, -0.2) is 21.7 Å². The maximum Gasteiger partial charge on any atom is 0.249 e. The van der Waals surface area contributed by atoms with Crippen LogP contribution in [-0.4, -0.2) is 40.9 Å². The van der Waals surface area contributed by atoms with Crippen LogP contribution in [0.25, 0.3) is 16.8 Å². The van der Waals surface area contributed by atoms with Crippen LogP contribution >= 0.6 is 0 Å². The molecule has 0 saturated heterocycles. The van der Waals surface area contributed by atoms with Crippen molar-refractivity contribution in [2.24, 2.45) is 0 Å². The van der Waals surface area contributed by atoms with Crippen LogP contribution in [0, 0.1) is 11.6 Å². The van der Waals surface area contributed by atoms with Gasteiger partial charge in [-0.15, -0.1) is 5.10 Å². The number of sulfone groups is 1. The molecule has 1 aromatic carbocycles. The summed E-state index contributed by atoms with van der Waals surface area (Å²) >= 11 is 0. The predicted octanol–water partition coefficient (Wildman–Crippen LogP) is 1.66. The Kier molecular flexibility index (Phi) is 4.21. The first-order chi connectivity index (χ1) is 11.7. The minimum Gasteiger partial charge on any atom is -0.292 e. The number of pyridine rings is 1. The third kappa shape index (κ3) is 3.79. The number of nitrogens with one attached hydrogen (secondary N) is 1. The van der Waals surface area contributed by atoms with E-state index in [1.54, 1.807) is 0 Å². The molecule has 0 aliphatic rings. The molecule has 7 nitrogen and oxygen atoms in total. The largest absolute Gasteiger partial charge is 0.292 e. The smallest absolute Gasteiger partial charge is 0.249 e. The zero-order valence-corrected chi connectivity index (χ0v) is 13.7. The fourth-order valence-electron chi connectivity index (χ4n) is 2.26. The summed E-state index contributed by atoms with van der Waals surface area (Å²) in [6.45, 7) is 0. The average Bonchev–Trinajstić information content (AvgIpc) is 2.86. The average molecular weight is 366 g/mol. The normalized spacial score (nSPS) is 11.6. The highest BCUT2D eigenvalue weighted by molar-refractivity contribution is 7.91. The highest BCUT2D eigenvalue weighted by Crippen LogP contribution is 2.26. The zero-order chi connectivity index (χ0) is 18.2. The van der Waals surface area contributed by atoms with Crippen LogP contribution in [0.5, 0.6) is 0 Å². The van der Waals surface area contributed by atoms with Gasteiger partial charge >= 0.3 is 0 Å². The highest BCUT2D eigenvalue weighted by atomic mass is 32.2. The molecule has 1 amide bonds. The minimum atomic E-state index is -3.48. The molecule has 0 spiro atoms. The zero-order valence-electron chi connectivity index (χ0n) is 12.9. The number of aromatic nitrogens is 3. The molecule has 0 fully saturated rings. The molecule has 2 heterocycles. The number of anilines is 1. The summed E-state index contributed by atoms with van der Waals surface area (Å²) < 4.78 is 51.2. The lowest BCUT2D eigenvalue weighted by Gasteiger charge is -2.04. The van der Waals surface area contributed by atoms with Crippen LogP contribution in [0.4, 0.5) is 14.7 Å². The molecule has 0 aliphatic heterocycles. The van der Waals surface area contributed by atoms with E-state index in [1.165, 1.54) is 28.9 Å². The first-order valence-electron chi connectivity index (χ1n) is 7.01. The molecule has 0 aliphatic carbocycles. The Balaban J connectivity index is 1.93. The van der Waals surface area contributed by atoms with E-state index in [2.05, 4.69) is 15.4 Å². The van der Waals surface area contributed by atoms with Crippen molar-refractivity contribution in [3.8, 4) is 11.1 Å². The first-order valence-corrected chi connectivity index (χ1v) is 9.07. The Morgan fingerprint density at radius 2 is 1.88 bits per heavy atom. The molecule has 0 saturated carbocycles. The van der Waals surface area contributed by atoms with Crippen LogP contribution in [0.3, 0.4) is 0 Å². The van der Waals surface area contributed by atoms with Gasteiger partial charge in [0.15, 0.2) is 15.5 Å². The van der Waals surface area contributed by atoms with Gasteiger partial charge in [-0.3, -0.25) is 10.1 Å². The van der Waals surface area contributed by atoms with E-state index >= 15 is 0 Å². The maximum atomic E-state index is 13.9. The quantitative estimate of drug-likeness (QED) is 0.758. The summed E-state index contributed by atoms with van der Waals surface area (Å²) in [5.74, 6) is -3.03. The summed E-state index contributed by atoms with van der Waals surface area (Å²) in [5.41, 5.74) is 0.347. The monoisotopic (exact) mass is 366 g/mol. The van der Waals surface area contributed by atoms with Crippen molar-refractivity contribution in [3.05, 3.63) is 48.2 Å². The number of halogens is 2. The molecule has 2 aromatic heterocycles. The topological polar surface area (TPSA) is 93.4 Å². The molecule has 0 bridgehead atoms. The van der Waals surface area contributed by atoms with Crippen molar-refractivity contribution in [2.45, 2.75) is 0 Å². The number of amides is 1. The van der Waals surface area contributed by atoms with Crippen LogP contribution in [0.1, 0.15) is 0 Å². The van der Waals surface area contributed by atoms with Gasteiger partial charge < -0.3 is 0 Å². The highest BCUT2D eigenvalue weighted by Gasteiger charge is 2.15. The number of nitrogens with zero attached hydrogens (tertiary/aromatic N) is 3. The van der Waals surface area contributed by atoms with Gasteiger partial charge in [0.2, 0.25) is 11.9 Å². The lowest BCUT2D eigenvalue weighted by Crippen LogP contribution is -2.22. The lowest BCUT2D eigenvalue weighted by molar-refractivity contribution is -0.113. The number of carbonyl (C=O) groups is 1. The van der Waals surface area contributed by atoms with Gasteiger partial charge in [-0.1, -0.05) is 6.07 Å². The van der Waals surface area contributed by atoms with Crippen molar-refractivity contribution in [1.82, 2.24) is 14.6 Å². The van der Waals surface area contributed by atoms with E-state index in [4.69, 9.17) is 0 Å². The molecule has 25 heavy (non-hydrogen) atoms. The van der Waals surface area contributed by atoms with Gasteiger partial charge in [-0.05, 0) is 24.3 Å². The van der Waals surface area contributed by atoms with Crippen molar-refractivity contribution in [3.63, 3.8) is 0 Å². The SMILES string of the molecule is CS(=O)(=O)CC(=O)Nc1nc2ccc(-c3c(F)cccc3F)cn2n1. The summed E-state index contributed by atoms with van der Waals surface area (Å²) in [4.78, 5) is 15.6. The molecule has 130 valence electrons. The first kappa shape index (κ1) is 17.0. The second-order valence-electron chi connectivity index (χ2n) is 5.37. The van der Waals surface area contributed by atoms with Gasteiger partial charge in [0.1, 0.15) is 17.4 Å². The van der Waals surface area contributed by atoms with E-state index in [9.17, 15) is 22.0 Å². The van der Waals surface area contributed by atoms with Crippen LogP contribution < -0.4 is 5.32 Å². The summed E-state index contributed by atoms with van der Waals surface area (Å²) in [6, 6.07) is 6.48. The molecule has 3 rings (SSSR count). The van der Waals surface area contributed by atoms with Crippen LogP contribution in [0.15, 0.2) is 36.5 Å². The number of rotatable bonds is 4. The van der Waals surface area contributed by atoms with E-state index in [1.807, 2.05) is 0 Å². The number of hydrogen-bond donors (Lipinski definition) is 1. The second-order valence-corrected chi connectivity index (χ2v) is 7.51. The summed E-state index contributed by atoms with van der Waals surface area (Å²) in [6.07, 6.45) is 2.29. The van der Waals surface area contributed by atoms with E-state index in [0.29, 0.717) is 5.65 Å². The molecule has 3 aromatic rings. The van der Waals surface area contributed by atoms with Crippen LogP contribution in [-0.2, 0) is 14.6 Å². The molecule has 0 unspecified atom stereocenters. The van der Waals surface area contributed by atoms with Crippen LogP contribution in [0.2, 0.25) is 0 Å². The number of carbonyl (C=O) groups excluding carboxylic acids is 1. The molecular formula is C15H12F2N4O3S. The van der Waals surface area contributed by atoms with Crippen molar-refractivity contribution in [1.29, 1.82) is 0 Å². The molecule has 0 radical (unpaired) electrons. The molecular weight excluding hydrogens is 354 g/mol. The Morgan fingerprint density at radius 3 is 2.52 bits per heavy atom. The molecule has 1 N–H and O–H groups in total. The molecule has 10 heteroatoms. The minimum absolute atomic E-state index is 0.111. The number of fused-ring (bicyclic) bond motifs is 1. The Labute approximate surface area is 141 Å². The third-order valence-electron chi connectivity index (χ3n) is 3.23. The van der Waals surface area contributed by atoms with E-state index < -0.39 is 33.1 Å². The Morgan fingerprint density at radius 1 is 1.20 bits per heavy atom. The van der Waals surface area contributed by atoms with E-state index in [0.717, 1.165) is 18.4 Å². The van der Waals surface area contributed by atoms with Crippen molar-refractivity contribution in [2.75, 3.05) is 17.3 Å². The standard InChI is InChI=1S/C15H12F2N4O3S/c1-25(23,24)8-13(22)19-15-18-12-6-5-9(7-21(12)20-15)14-10(16)3-2-4-11(14)17/h2-7H,8H2,1H3,(H,19,20,22). The predicted molar refractivity (Wildman–Crippen MR) is 86.7 cm³/mol. The van der Waals surface area contributed by atoms with Crippen molar-refractivity contribution >= 4 is 27.3 Å². The molecule has 0 atom stereocenters. The van der Waals surface area contributed by atoms with Gasteiger partial charge in [0, 0.05) is 18.0 Å². The Bertz CT molecular complexity index is 1060. The number of benzene rings is 1.